The predicted molar refractivity (Wildman–Crippen MR) is 62.5 cm³/mol. The summed E-state index contributed by atoms with van der Waals surface area (Å²) in [5, 5.41) is 0. The number of hydrogen-bond acceptors (Lipinski definition) is 2. The number of rotatable bonds is 9. The maximum absolute atomic E-state index is 10.7. The van der Waals surface area contributed by atoms with Gasteiger partial charge in [-0.25, -0.2) is 0 Å². The second-order valence-corrected chi connectivity index (χ2v) is 3.65. The third-order valence-corrected chi connectivity index (χ3v) is 2.29. The molecule has 0 aromatic heterocycles. The van der Waals surface area contributed by atoms with E-state index in [1.165, 1.54) is 12.8 Å². The zero-order valence-corrected chi connectivity index (χ0v) is 9.92. The Morgan fingerprint density at radius 1 is 1.27 bits per heavy atom. The van der Waals surface area contributed by atoms with E-state index in [1.54, 1.807) is 6.92 Å². The van der Waals surface area contributed by atoms with E-state index < -0.39 is 0 Å². The molecule has 88 valence electrons. The minimum absolute atomic E-state index is 0.314. The molecule has 0 rings (SSSR count). The first-order valence-corrected chi connectivity index (χ1v) is 5.72. The fourth-order valence-corrected chi connectivity index (χ4v) is 1.27. The monoisotopic (exact) mass is 213 g/mol. The summed E-state index contributed by atoms with van der Waals surface area (Å²) in [6.45, 7) is 5.45. The van der Waals surface area contributed by atoms with Crippen LogP contribution in [-0.2, 0) is 9.53 Å². The third kappa shape index (κ3) is 9.47. The Labute approximate surface area is 92.7 Å². The second-order valence-electron chi connectivity index (χ2n) is 3.65. The second kappa shape index (κ2) is 9.71. The van der Waals surface area contributed by atoms with Gasteiger partial charge >= 0.3 is 0 Å². The van der Waals surface area contributed by atoms with Crippen LogP contribution in [0.15, 0.2) is 11.6 Å². The lowest BCUT2D eigenvalue weighted by molar-refractivity contribution is -0.114. The van der Waals surface area contributed by atoms with Gasteiger partial charge in [0, 0.05) is 18.8 Å². The van der Waals surface area contributed by atoms with Gasteiger partial charge in [-0.05, 0) is 33.1 Å². The van der Waals surface area contributed by atoms with Crippen LogP contribution in [0.3, 0.4) is 0 Å². The smallest absolute Gasteiger partial charge is 0.244 e. The van der Waals surface area contributed by atoms with Crippen molar-refractivity contribution in [3.8, 4) is 0 Å². The molecule has 3 nitrogen and oxygen atoms in total. The predicted octanol–water partition coefficient (Wildman–Crippen LogP) is 2.41. The van der Waals surface area contributed by atoms with E-state index in [2.05, 4.69) is 0 Å². The molecule has 0 radical (unpaired) electrons. The van der Waals surface area contributed by atoms with Gasteiger partial charge in [0.1, 0.15) is 0 Å². The van der Waals surface area contributed by atoms with E-state index in [-0.39, 0.29) is 5.91 Å². The summed E-state index contributed by atoms with van der Waals surface area (Å²) in [6, 6.07) is 0. The minimum Gasteiger partial charge on any atom is -0.382 e. The van der Waals surface area contributed by atoms with Gasteiger partial charge in [-0.2, -0.15) is 0 Å². The van der Waals surface area contributed by atoms with Crippen LogP contribution in [0.25, 0.3) is 0 Å². The largest absolute Gasteiger partial charge is 0.382 e. The van der Waals surface area contributed by atoms with Crippen LogP contribution in [0.2, 0.25) is 0 Å². The highest BCUT2D eigenvalue weighted by Gasteiger charge is 1.95. The number of hydrogen-bond donors (Lipinski definition) is 1. The average Bonchev–Trinajstić information content (AvgIpc) is 2.21. The molecule has 0 spiro atoms. The molecule has 0 aliphatic heterocycles. The van der Waals surface area contributed by atoms with Crippen molar-refractivity contribution in [2.75, 3.05) is 13.2 Å². The number of ether oxygens (including phenoxy) is 1. The summed E-state index contributed by atoms with van der Waals surface area (Å²) >= 11 is 0. The Morgan fingerprint density at radius 3 is 2.53 bits per heavy atom. The number of carbonyl (C=O) groups is 1. The van der Waals surface area contributed by atoms with Gasteiger partial charge < -0.3 is 10.5 Å². The van der Waals surface area contributed by atoms with Crippen LogP contribution in [0.1, 0.15) is 46.0 Å². The van der Waals surface area contributed by atoms with Crippen molar-refractivity contribution >= 4 is 5.91 Å². The van der Waals surface area contributed by atoms with E-state index in [1.807, 2.05) is 13.0 Å². The molecule has 0 heterocycles. The highest BCUT2D eigenvalue weighted by molar-refractivity contribution is 5.91. The SMILES string of the molecule is CCOCCCCCCC=C(C)C(N)=O. The van der Waals surface area contributed by atoms with Crippen LogP contribution < -0.4 is 5.73 Å². The third-order valence-electron chi connectivity index (χ3n) is 2.29. The minimum atomic E-state index is -0.314. The molecule has 0 atom stereocenters. The van der Waals surface area contributed by atoms with Crippen molar-refractivity contribution in [1.29, 1.82) is 0 Å². The molecule has 2 N–H and O–H groups in total. The van der Waals surface area contributed by atoms with E-state index >= 15 is 0 Å². The fraction of sp³-hybridized carbons (Fsp3) is 0.750. The summed E-state index contributed by atoms with van der Waals surface area (Å²) in [6.07, 6.45) is 7.51. The number of primary amides is 1. The Morgan fingerprint density at radius 2 is 1.93 bits per heavy atom. The first-order valence-electron chi connectivity index (χ1n) is 5.72. The molecule has 3 heteroatoms. The van der Waals surface area contributed by atoms with Crippen molar-refractivity contribution in [2.45, 2.75) is 46.0 Å². The molecule has 0 aliphatic carbocycles. The van der Waals surface area contributed by atoms with Crippen molar-refractivity contribution in [2.24, 2.45) is 5.73 Å². The number of carbonyl (C=O) groups excluding carboxylic acids is 1. The van der Waals surface area contributed by atoms with Gasteiger partial charge in [0.25, 0.3) is 0 Å². The number of nitrogens with two attached hydrogens (primary N) is 1. The molecular weight excluding hydrogens is 190 g/mol. The number of unbranched alkanes of at least 4 members (excludes halogenated alkanes) is 4. The summed E-state index contributed by atoms with van der Waals surface area (Å²) in [7, 11) is 0. The maximum atomic E-state index is 10.7. The lowest BCUT2D eigenvalue weighted by Crippen LogP contribution is -2.11. The van der Waals surface area contributed by atoms with E-state index in [4.69, 9.17) is 10.5 Å². The van der Waals surface area contributed by atoms with Crippen LogP contribution in [0.4, 0.5) is 0 Å². The summed E-state index contributed by atoms with van der Waals surface area (Å²) < 4.78 is 5.24. The van der Waals surface area contributed by atoms with Crippen molar-refractivity contribution < 1.29 is 9.53 Å². The van der Waals surface area contributed by atoms with Crippen LogP contribution in [0, 0.1) is 0 Å². The first kappa shape index (κ1) is 14.2. The van der Waals surface area contributed by atoms with Crippen molar-refractivity contribution in [3.63, 3.8) is 0 Å². The molecule has 0 saturated carbocycles. The molecule has 0 saturated heterocycles. The van der Waals surface area contributed by atoms with Crippen molar-refractivity contribution in [3.05, 3.63) is 11.6 Å². The van der Waals surface area contributed by atoms with Gasteiger partial charge in [0.05, 0.1) is 0 Å². The molecule has 0 aromatic carbocycles. The number of amides is 1. The maximum Gasteiger partial charge on any atom is 0.244 e. The Bertz CT molecular complexity index is 200. The van der Waals surface area contributed by atoms with Gasteiger partial charge in [-0.15, -0.1) is 0 Å². The standard InChI is InChI=1S/C12H23NO2/c1-3-15-10-8-6-4-5-7-9-11(2)12(13)14/h9H,3-8,10H2,1-2H3,(H2,13,14). The summed E-state index contributed by atoms with van der Waals surface area (Å²) in [4.78, 5) is 10.7. The molecule has 0 aromatic rings. The fourth-order valence-electron chi connectivity index (χ4n) is 1.27. The van der Waals surface area contributed by atoms with Gasteiger partial charge in [-0.3, -0.25) is 4.79 Å². The van der Waals surface area contributed by atoms with E-state index in [9.17, 15) is 4.79 Å². The lowest BCUT2D eigenvalue weighted by atomic mass is 10.1. The first-order chi connectivity index (χ1) is 7.18. The van der Waals surface area contributed by atoms with Gasteiger partial charge in [0.2, 0.25) is 5.91 Å². The van der Waals surface area contributed by atoms with Crippen LogP contribution in [-0.4, -0.2) is 19.1 Å². The van der Waals surface area contributed by atoms with E-state index in [0.29, 0.717) is 5.57 Å². The zero-order chi connectivity index (χ0) is 11.5. The van der Waals surface area contributed by atoms with Gasteiger partial charge in [-0.1, -0.05) is 18.9 Å². The highest BCUT2D eigenvalue weighted by atomic mass is 16.5. The van der Waals surface area contributed by atoms with Crippen LogP contribution in [0.5, 0.6) is 0 Å². The molecule has 0 bridgehead atoms. The molecular formula is C12H23NO2. The quantitative estimate of drug-likeness (QED) is 0.472. The molecule has 0 aliphatic rings. The summed E-state index contributed by atoms with van der Waals surface area (Å²) in [5.41, 5.74) is 5.78. The van der Waals surface area contributed by atoms with Crippen LogP contribution >= 0.6 is 0 Å². The number of allylic oxidation sites excluding steroid dienone is 1. The Kier molecular flexibility index (Phi) is 9.18. The van der Waals surface area contributed by atoms with Crippen molar-refractivity contribution in [1.82, 2.24) is 0 Å². The summed E-state index contributed by atoms with van der Waals surface area (Å²) in [5.74, 6) is -0.314. The lowest BCUT2D eigenvalue weighted by Gasteiger charge is -2.00. The Hall–Kier alpha value is -0.830. The highest BCUT2D eigenvalue weighted by Crippen LogP contribution is 2.05. The topological polar surface area (TPSA) is 52.3 Å². The molecule has 0 fully saturated rings. The van der Waals surface area contributed by atoms with Gasteiger partial charge in [0.15, 0.2) is 0 Å². The molecule has 15 heavy (non-hydrogen) atoms. The molecule has 1 amide bonds. The zero-order valence-electron chi connectivity index (χ0n) is 9.92. The van der Waals surface area contributed by atoms with E-state index in [0.717, 1.165) is 32.5 Å². The molecule has 0 unspecified atom stereocenters. The average molecular weight is 213 g/mol. The normalized spacial score (nSPS) is 11.7. The Balaban J connectivity index is 3.25.